The Morgan fingerprint density at radius 2 is 1.83 bits per heavy atom. The second-order valence-electron chi connectivity index (χ2n) is 7.88. The smallest absolute Gasteiger partial charge is 0.338 e. The van der Waals surface area contributed by atoms with Crippen molar-refractivity contribution in [3.63, 3.8) is 0 Å². The minimum absolute atomic E-state index is 0.0692. The summed E-state index contributed by atoms with van der Waals surface area (Å²) in [7, 11) is 0. The summed E-state index contributed by atoms with van der Waals surface area (Å²) in [5.41, 5.74) is 5.58. The van der Waals surface area contributed by atoms with Crippen molar-refractivity contribution in [2.45, 2.75) is 86.2 Å². The third kappa shape index (κ3) is 9.17. The van der Waals surface area contributed by atoms with Crippen LogP contribution < -0.4 is 0 Å². The van der Waals surface area contributed by atoms with Gasteiger partial charge in [0.1, 0.15) is 5.76 Å². The van der Waals surface area contributed by atoms with Crippen LogP contribution in [-0.4, -0.2) is 17.2 Å². The van der Waals surface area contributed by atoms with Crippen LogP contribution in [0.4, 0.5) is 0 Å². The van der Waals surface area contributed by atoms with Gasteiger partial charge in [-0.1, -0.05) is 66.5 Å². The Bertz CT molecular complexity index is 738. The Balaban J connectivity index is 2.54. The first-order chi connectivity index (χ1) is 13.8. The van der Waals surface area contributed by atoms with Crippen molar-refractivity contribution in [2.75, 3.05) is 0 Å². The molecule has 160 valence electrons. The van der Waals surface area contributed by atoms with E-state index in [1.165, 1.54) is 16.7 Å². The molecule has 0 saturated heterocycles. The normalized spacial score (nSPS) is 18.6. The summed E-state index contributed by atoms with van der Waals surface area (Å²) in [6.45, 7) is 12.4. The number of esters is 1. The first-order valence-corrected chi connectivity index (χ1v) is 10.7. The van der Waals surface area contributed by atoms with Crippen LogP contribution in [0.15, 0.2) is 70.1 Å². The molecule has 1 heterocycles. The number of allylic oxidation sites excluding steroid dienone is 9. The number of carbonyl (C=O) groups is 1. The maximum atomic E-state index is 11.7. The Hall–Kier alpha value is -2.29. The van der Waals surface area contributed by atoms with E-state index in [0.717, 1.165) is 37.7 Å². The molecule has 1 N–H and O–H groups in total. The highest BCUT2D eigenvalue weighted by Crippen LogP contribution is 2.25. The van der Waals surface area contributed by atoms with E-state index in [4.69, 9.17) is 4.74 Å². The van der Waals surface area contributed by atoms with Crippen molar-refractivity contribution in [3.8, 4) is 0 Å². The molecule has 1 atom stereocenters. The van der Waals surface area contributed by atoms with Gasteiger partial charge in [0, 0.05) is 0 Å². The number of aliphatic hydroxyl groups excluding tert-OH is 1. The third-order valence-electron chi connectivity index (χ3n) is 5.00. The molecule has 0 spiro atoms. The van der Waals surface area contributed by atoms with Gasteiger partial charge < -0.3 is 9.84 Å². The first-order valence-electron chi connectivity index (χ1n) is 10.7. The number of hydrogen-bond acceptors (Lipinski definition) is 3. The molecule has 3 heteroatoms. The monoisotopic (exact) mass is 398 g/mol. The molecule has 0 amide bonds. The molecule has 0 aromatic rings. The second-order valence-corrected chi connectivity index (χ2v) is 7.88. The minimum atomic E-state index is -0.615. The van der Waals surface area contributed by atoms with Crippen molar-refractivity contribution in [1.82, 2.24) is 0 Å². The molecule has 3 nitrogen and oxygen atoms in total. The van der Waals surface area contributed by atoms with Crippen LogP contribution in [0.3, 0.4) is 0 Å². The molecular formula is C26H38O3. The lowest BCUT2D eigenvalue weighted by Gasteiger charge is -2.07. The van der Waals surface area contributed by atoms with E-state index < -0.39 is 12.1 Å². The topological polar surface area (TPSA) is 46.5 Å². The predicted octanol–water partition coefficient (Wildman–Crippen LogP) is 7.45. The predicted molar refractivity (Wildman–Crippen MR) is 123 cm³/mol. The molecule has 0 fully saturated rings. The summed E-state index contributed by atoms with van der Waals surface area (Å²) in [6.07, 6.45) is 17.8. The fourth-order valence-electron chi connectivity index (χ4n) is 3.12. The first kappa shape index (κ1) is 24.7. The highest BCUT2D eigenvalue weighted by atomic mass is 16.6. The number of ether oxygens (including phenoxy) is 1. The number of carbonyl (C=O) groups excluding carboxylic acids is 1. The Morgan fingerprint density at radius 3 is 2.41 bits per heavy atom. The van der Waals surface area contributed by atoms with Gasteiger partial charge in [-0.05, 0) is 72.3 Å². The Morgan fingerprint density at radius 1 is 1.10 bits per heavy atom. The molecule has 1 rings (SSSR count). The van der Waals surface area contributed by atoms with Crippen LogP contribution >= 0.6 is 0 Å². The lowest BCUT2D eigenvalue weighted by atomic mass is 10.0. The fraction of sp³-hybridized carbons (Fsp3) is 0.500. The fourth-order valence-corrected chi connectivity index (χ4v) is 3.12. The average molecular weight is 399 g/mol. The zero-order valence-electron chi connectivity index (χ0n) is 19.0. The Kier molecular flexibility index (Phi) is 11.1. The SMILES string of the molecule is CCC1=C(O)[C@@H](/C=C(\C)CC/C=C(\CC)C/C=C/C(C)=C/CC=C(C)C)OC1=O. The van der Waals surface area contributed by atoms with Crippen molar-refractivity contribution >= 4 is 5.97 Å². The van der Waals surface area contributed by atoms with Gasteiger partial charge in [-0.15, -0.1) is 0 Å². The largest absolute Gasteiger partial charge is 0.507 e. The summed E-state index contributed by atoms with van der Waals surface area (Å²) in [5, 5.41) is 10.1. The highest BCUT2D eigenvalue weighted by molar-refractivity contribution is 5.91. The van der Waals surface area contributed by atoms with Gasteiger partial charge >= 0.3 is 5.97 Å². The molecule has 0 unspecified atom stereocenters. The summed E-state index contributed by atoms with van der Waals surface area (Å²) >= 11 is 0. The van der Waals surface area contributed by atoms with E-state index in [1.807, 2.05) is 19.9 Å². The van der Waals surface area contributed by atoms with Gasteiger partial charge in [0.2, 0.25) is 0 Å². The molecule has 0 saturated carbocycles. The van der Waals surface area contributed by atoms with Crippen LogP contribution in [0.2, 0.25) is 0 Å². The van der Waals surface area contributed by atoms with Gasteiger partial charge in [-0.3, -0.25) is 0 Å². The van der Waals surface area contributed by atoms with Gasteiger partial charge in [0.15, 0.2) is 6.10 Å². The van der Waals surface area contributed by atoms with Crippen LogP contribution in [-0.2, 0) is 9.53 Å². The van der Waals surface area contributed by atoms with E-state index in [-0.39, 0.29) is 5.76 Å². The molecule has 0 aromatic carbocycles. The van der Waals surface area contributed by atoms with Gasteiger partial charge in [-0.25, -0.2) is 4.79 Å². The van der Waals surface area contributed by atoms with E-state index in [1.54, 1.807) is 0 Å². The number of cyclic esters (lactones) is 1. The molecule has 0 bridgehead atoms. The van der Waals surface area contributed by atoms with Gasteiger partial charge in [-0.2, -0.15) is 0 Å². The molecule has 0 aromatic heterocycles. The molecule has 1 aliphatic rings. The average Bonchev–Trinajstić information content (AvgIpc) is 2.92. The number of aliphatic hydroxyl groups is 1. The number of rotatable bonds is 11. The molecule has 0 aliphatic carbocycles. The van der Waals surface area contributed by atoms with E-state index in [2.05, 4.69) is 58.1 Å². The molecule has 0 radical (unpaired) electrons. The lowest BCUT2D eigenvalue weighted by Crippen LogP contribution is -2.08. The van der Waals surface area contributed by atoms with Crippen molar-refractivity contribution in [3.05, 3.63) is 70.1 Å². The van der Waals surface area contributed by atoms with E-state index in [9.17, 15) is 9.90 Å². The summed E-state index contributed by atoms with van der Waals surface area (Å²) in [6, 6.07) is 0. The quantitative estimate of drug-likeness (QED) is 0.223. The maximum absolute atomic E-state index is 11.7. The van der Waals surface area contributed by atoms with Crippen molar-refractivity contribution in [1.29, 1.82) is 0 Å². The molecule has 1 aliphatic heterocycles. The molecular weight excluding hydrogens is 360 g/mol. The standard InChI is InChI=1S/C26H38O3/c1-7-22(16-10-14-20(5)13-9-12-19(3)4)17-11-15-21(6)18-24-25(27)23(8-2)26(28)29-24/h10,12-14,17-18,24,27H,7-9,11,15-16H2,1-6H3/b14-10+,20-13+,21-18+,22-17+/t24-/m1/s1. The van der Waals surface area contributed by atoms with Crippen LogP contribution in [0.5, 0.6) is 0 Å². The second kappa shape index (κ2) is 13.0. The molecule has 29 heavy (non-hydrogen) atoms. The maximum Gasteiger partial charge on any atom is 0.338 e. The summed E-state index contributed by atoms with van der Waals surface area (Å²) in [4.78, 5) is 11.7. The minimum Gasteiger partial charge on any atom is -0.507 e. The lowest BCUT2D eigenvalue weighted by molar-refractivity contribution is -0.138. The van der Waals surface area contributed by atoms with E-state index >= 15 is 0 Å². The highest BCUT2D eigenvalue weighted by Gasteiger charge is 2.31. The number of hydrogen-bond donors (Lipinski definition) is 1. The van der Waals surface area contributed by atoms with Crippen LogP contribution in [0, 0.1) is 0 Å². The Labute approximate surface area is 177 Å². The van der Waals surface area contributed by atoms with Crippen LogP contribution in [0.1, 0.15) is 80.1 Å². The summed E-state index contributed by atoms with van der Waals surface area (Å²) in [5.74, 6) is -0.330. The zero-order valence-corrected chi connectivity index (χ0v) is 19.0. The summed E-state index contributed by atoms with van der Waals surface area (Å²) < 4.78 is 5.24. The van der Waals surface area contributed by atoms with Gasteiger partial charge in [0.05, 0.1) is 5.57 Å². The van der Waals surface area contributed by atoms with Gasteiger partial charge in [0.25, 0.3) is 0 Å². The zero-order chi connectivity index (χ0) is 21.8. The van der Waals surface area contributed by atoms with Crippen molar-refractivity contribution in [2.24, 2.45) is 0 Å². The third-order valence-corrected chi connectivity index (χ3v) is 5.00. The van der Waals surface area contributed by atoms with E-state index in [0.29, 0.717) is 12.0 Å². The van der Waals surface area contributed by atoms with Crippen molar-refractivity contribution < 1.29 is 14.6 Å². The van der Waals surface area contributed by atoms with Crippen LogP contribution in [0.25, 0.3) is 0 Å².